The fourth-order valence-electron chi connectivity index (χ4n) is 3.28. The predicted octanol–water partition coefficient (Wildman–Crippen LogP) is 6.14. The van der Waals surface area contributed by atoms with E-state index in [2.05, 4.69) is 26.3 Å². The SMILES string of the molecule is Cc1ccc(C(=O)c2ccccc2C(=O)Nc2nn(Cc3ccccc3Cl)cc2Br)cc1. The Kier molecular flexibility index (Phi) is 6.53. The number of rotatable bonds is 6. The minimum absolute atomic E-state index is 0.209. The van der Waals surface area contributed by atoms with Crippen molar-refractivity contribution in [3.63, 3.8) is 0 Å². The molecular formula is C25H19BrClN3O2. The molecule has 0 aliphatic carbocycles. The van der Waals surface area contributed by atoms with Crippen molar-refractivity contribution in [2.24, 2.45) is 0 Å². The van der Waals surface area contributed by atoms with Gasteiger partial charge >= 0.3 is 0 Å². The third kappa shape index (κ3) is 4.82. The van der Waals surface area contributed by atoms with Crippen LogP contribution in [0.5, 0.6) is 0 Å². The molecule has 0 bridgehead atoms. The topological polar surface area (TPSA) is 64.0 Å². The Bertz CT molecular complexity index is 1300. The maximum atomic E-state index is 13.0. The van der Waals surface area contributed by atoms with Crippen LogP contribution in [0, 0.1) is 6.92 Å². The highest BCUT2D eigenvalue weighted by Crippen LogP contribution is 2.24. The summed E-state index contributed by atoms with van der Waals surface area (Å²) in [4.78, 5) is 26.1. The number of carbonyl (C=O) groups excluding carboxylic acids is 2. The van der Waals surface area contributed by atoms with Gasteiger partial charge in [0.15, 0.2) is 11.6 Å². The van der Waals surface area contributed by atoms with Gasteiger partial charge in [0.25, 0.3) is 5.91 Å². The first kappa shape index (κ1) is 22.0. The molecule has 0 spiro atoms. The Balaban J connectivity index is 1.56. The van der Waals surface area contributed by atoms with Gasteiger partial charge in [-0.1, -0.05) is 77.8 Å². The lowest BCUT2D eigenvalue weighted by atomic mass is 9.97. The van der Waals surface area contributed by atoms with E-state index in [0.717, 1.165) is 11.1 Å². The molecule has 1 aromatic heterocycles. The van der Waals surface area contributed by atoms with Crippen LogP contribution in [-0.4, -0.2) is 21.5 Å². The lowest BCUT2D eigenvalue weighted by Gasteiger charge is -2.09. The Labute approximate surface area is 199 Å². The van der Waals surface area contributed by atoms with Gasteiger partial charge < -0.3 is 5.32 Å². The van der Waals surface area contributed by atoms with E-state index in [-0.39, 0.29) is 11.3 Å². The van der Waals surface area contributed by atoms with E-state index in [1.165, 1.54) is 0 Å². The molecule has 0 atom stereocenters. The number of halogens is 2. The second kappa shape index (κ2) is 9.51. The standard InChI is InChI=1S/C25H19BrClN3O2/c1-16-10-12-17(13-11-16)23(31)19-7-3-4-8-20(19)25(32)28-24-21(26)15-30(29-24)14-18-6-2-5-9-22(18)27/h2-13,15H,14H2,1H3,(H,28,29,32). The highest BCUT2D eigenvalue weighted by molar-refractivity contribution is 9.10. The molecule has 4 aromatic rings. The Hall–Kier alpha value is -3.22. The van der Waals surface area contributed by atoms with Crippen LogP contribution in [0.4, 0.5) is 5.82 Å². The molecule has 7 heteroatoms. The lowest BCUT2D eigenvalue weighted by Crippen LogP contribution is -2.17. The van der Waals surface area contributed by atoms with Gasteiger partial charge in [-0.15, -0.1) is 0 Å². The summed E-state index contributed by atoms with van der Waals surface area (Å²) in [6, 6.07) is 21.5. The van der Waals surface area contributed by atoms with Gasteiger partial charge in [-0.25, -0.2) is 0 Å². The Morgan fingerprint density at radius 1 is 0.969 bits per heavy atom. The molecule has 32 heavy (non-hydrogen) atoms. The first-order valence-corrected chi connectivity index (χ1v) is 11.1. The maximum absolute atomic E-state index is 13.0. The molecule has 1 amide bonds. The van der Waals surface area contributed by atoms with Crippen molar-refractivity contribution < 1.29 is 9.59 Å². The summed E-state index contributed by atoms with van der Waals surface area (Å²) in [6.45, 7) is 2.41. The number of hydrogen-bond donors (Lipinski definition) is 1. The first-order valence-electron chi connectivity index (χ1n) is 9.90. The van der Waals surface area contributed by atoms with E-state index >= 15 is 0 Å². The van der Waals surface area contributed by atoms with Gasteiger partial charge in [-0.05, 0) is 40.5 Å². The molecule has 0 saturated carbocycles. The zero-order valence-electron chi connectivity index (χ0n) is 17.2. The largest absolute Gasteiger partial charge is 0.304 e. The zero-order valence-corrected chi connectivity index (χ0v) is 19.5. The summed E-state index contributed by atoms with van der Waals surface area (Å²) in [7, 11) is 0. The van der Waals surface area contributed by atoms with Crippen LogP contribution in [0.15, 0.2) is 83.5 Å². The quantitative estimate of drug-likeness (QED) is 0.318. The fourth-order valence-corrected chi connectivity index (χ4v) is 3.89. The van der Waals surface area contributed by atoms with Crippen LogP contribution in [0.1, 0.15) is 37.4 Å². The molecule has 0 aliphatic heterocycles. The normalized spacial score (nSPS) is 10.7. The van der Waals surface area contributed by atoms with Gasteiger partial charge in [0.2, 0.25) is 0 Å². The van der Waals surface area contributed by atoms with Crippen molar-refractivity contribution in [3.05, 3.63) is 116 Å². The Morgan fingerprint density at radius 3 is 2.34 bits per heavy atom. The average Bonchev–Trinajstić information content (AvgIpc) is 3.14. The summed E-state index contributed by atoms with van der Waals surface area (Å²) in [6.07, 6.45) is 1.77. The minimum Gasteiger partial charge on any atom is -0.304 e. The van der Waals surface area contributed by atoms with Gasteiger partial charge in [-0.3, -0.25) is 14.3 Å². The monoisotopic (exact) mass is 507 g/mol. The van der Waals surface area contributed by atoms with Gasteiger partial charge in [-0.2, -0.15) is 5.10 Å². The predicted molar refractivity (Wildman–Crippen MR) is 129 cm³/mol. The Morgan fingerprint density at radius 2 is 1.62 bits per heavy atom. The summed E-state index contributed by atoms with van der Waals surface area (Å²) in [5.74, 6) is -0.261. The van der Waals surface area contributed by atoms with Gasteiger partial charge in [0, 0.05) is 22.3 Å². The van der Waals surface area contributed by atoms with E-state index in [4.69, 9.17) is 11.6 Å². The summed E-state index contributed by atoms with van der Waals surface area (Å²) in [5, 5.41) is 7.90. The highest BCUT2D eigenvalue weighted by atomic mass is 79.9. The molecule has 0 unspecified atom stereocenters. The van der Waals surface area contributed by atoms with Crippen LogP contribution in [-0.2, 0) is 6.54 Å². The first-order chi connectivity index (χ1) is 15.4. The van der Waals surface area contributed by atoms with Crippen molar-refractivity contribution in [2.45, 2.75) is 13.5 Å². The molecule has 3 aromatic carbocycles. The van der Waals surface area contributed by atoms with Crippen LogP contribution in [0.2, 0.25) is 5.02 Å². The molecular weight excluding hydrogens is 490 g/mol. The number of ketones is 1. The molecule has 160 valence electrons. The number of aromatic nitrogens is 2. The van der Waals surface area contributed by atoms with Crippen LogP contribution in [0.3, 0.4) is 0 Å². The summed E-state index contributed by atoms with van der Waals surface area (Å²) in [5.41, 5.74) is 3.12. The van der Waals surface area contributed by atoms with Gasteiger partial charge in [0.05, 0.1) is 16.6 Å². The smallest absolute Gasteiger partial charge is 0.257 e. The second-order valence-electron chi connectivity index (χ2n) is 7.31. The number of benzene rings is 3. The third-order valence-corrected chi connectivity index (χ3v) is 5.92. The van der Waals surface area contributed by atoms with Crippen LogP contribution >= 0.6 is 27.5 Å². The van der Waals surface area contributed by atoms with Crippen LogP contribution in [0.25, 0.3) is 0 Å². The lowest BCUT2D eigenvalue weighted by molar-refractivity contribution is 0.0996. The number of hydrogen-bond acceptors (Lipinski definition) is 3. The van der Waals surface area contributed by atoms with Crippen molar-refractivity contribution in [3.8, 4) is 0 Å². The number of anilines is 1. The van der Waals surface area contributed by atoms with Crippen molar-refractivity contribution >= 4 is 45.0 Å². The second-order valence-corrected chi connectivity index (χ2v) is 8.57. The highest BCUT2D eigenvalue weighted by Gasteiger charge is 2.20. The molecule has 0 aliphatic rings. The molecule has 4 rings (SSSR count). The van der Waals surface area contributed by atoms with Crippen molar-refractivity contribution in [1.29, 1.82) is 0 Å². The molecule has 0 saturated heterocycles. The fraction of sp³-hybridized carbons (Fsp3) is 0.0800. The number of nitrogens with one attached hydrogen (secondary N) is 1. The third-order valence-electron chi connectivity index (χ3n) is 4.97. The summed E-state index contributed by atoms with van der Waals surface area (Å²) < 4.78 is 2.31. The van der Waals surface area contributed by atoms with E-state index in [1.54, 1.807) is 47.3 Å². The van der Waals surface area contributed by atoms with Crippen molar-refractivity contribution in [2.75, 3.05) is 5.32 Å². The van der Waals surface area contributed by atoms with E-state index < -0.39 is 5.91 Å². The zero-order chi connectivity index (χ0) is 22.7. The number of carbonyl (C=O) groups is 2. The maximum Gasteiger partial charge on any atom is 0.257 e. The summed E-state index contributed by atoms with van der Waals surface area (Å²) >= 11 is 9.68. The molecule has 0 fully saturated rings. The number of amides is 1. The number of nitrogens with zero attached hydrogens (tertiary/aromatic N) is 2. The van der Waals surface area contributed by atoms with E-state index in [0.29, 0.717) is 33.0 Å². The van der Waals surface area contributed by atoms with Crippen molar-refractivity contribution in [1.82, 2.24) is 9.78 Å². The molecule has 1 N–H and O–H groups in total. The van der Waals surface area contributed by atoms with Gasteiger partial charge in [0.1, 0.15) is 0 Å². The molecule has 5 nitrogen and oxygen atoms in total. The number of aryl methyl sites for hydroxylation is 1. The van der Waals surface area contributed by atoms with Crippen LogP contribution < -0.4 is 5.32 Å². The van der Waals surface area contributed by atoms with E-state index in [9.17, 15) is 9.59 Å². The molecule has 1 heterocycles. The molecule has 0 radical (unpaired) electrons. The van der Waals surface area contributed by atoms with E-state index in [1.807, 2.05) is 43.3 Å². The average molecular weight is 509 g/mol. The minimum atomic E-state index is -0.412.